The molecule has 2 aromatic rings. The number of hydrogen-bond acceptors (Lipinski definition) is 3. The van der Waals surface area contributed by atoms with Gasteiger partial charge in [0.15, 0.2) is 5.75 Å². The second-order valence-electron chi connectivity index (χ2n) is 6.61. The van der Waals surface area contributed by atoms with Gasteiger partial charge >= 0.3 is 0 Å². The molecular formula is C19H21F2N3O3. The Bertz CT molecular complexity index is 828. The average Bonchev–Trinajstić information content (AvgIpc) is 3.04. The van der Waals surface area contributed by atoms with Crippen molar-refractivity contribution in [3.05, 3.63) is 53.3 Å². The quantitative estimate of drug-likeness (QED) is 0.724. The van der Waals surface area contributed by atoms with Crippen LogP contribution in [-0.4, -0.2) is 35.8 Å². The maximum atomic E-state index is 12.9. The van der Waals surface area contributed by atoms with Crippen molar-refractivity contribution in [2.75, 3.05) is 7.05 Å². The zero-order valence-corrected chi connectivity index (χ0v) is 15.0. The van der Waals surface area contributed by atoms with E-state index in [2.05, 4.69) is 15.6 Å². The zero-order chi connectivity index (χ0) is 19.6. The SMILES string of the molecule is CNC(=O)c1[nH]c(C(=O)NC2CC(F)(F)C2)cc1O[C@@H](C)c1ccccc1. The number of hydrogen-bond donors (Lipinski definition) is 3. The lowest BCUT2D eigenvalue weighted by atomic mass is 9.88. The number of carbonyl (C=O) groups is 2. The molecule has 0 radical (unpaired) electrons. The normalized spacial score (nSPS) is 16.9. The Morgan fingerprint density at radius 1 is 1.22 bits per heavy atom. The predicted molar refractivity (Wildman–Crippen MR) is 95.1 cm³/mol. The number of H-pyrrole nitrogens is 1. The lowest BCUT2D eigenvalue weighted by molar-refractivity contribution is -0.0901. The standard InChI is InChI=1S/C19H21F2N3O3/c1-11(12-6-4-3-5-7-12)27-15-8-14(24-16(15)18(26)22-2)17(25)23-13-9-19(20,21)10-13/h3-8,11,13,24H,9-10H2,1-2H3,(H,22,26)(H,23,25)/t11-/m0/s1. The number of nitrogens with one attached hydrogen (secondary N) is 3. The minimum Gasteiger partial charge on any atom is -0.484 e. The Kier molecular flexibility index (Phi) is 5.16. The summed E-state index contributed by atoms with van der Waals surface area (Å²) in [6.07, 6.45) is -1.11. The summed E-state index contributed by atoms with van der Waals surface area (Å²) in [4.78, 5) is 27.2. The van der Waals surface area contributed by atoms with Gasteiger partial charge in [0, 0.05) is 32.0 Å². The summed E-state index contributed by atoms with van der Waals surface area (Å²) in [6, 6.07) is 10.2. The van der Waals surface area contributed by atoms with Crippen LogP contribution in [0.4, 0.5) is 8.78 Å². The third-order valence-electron chi connectivity index (χ3n) is 4.48. The first-order valence-electron chi connectivity index (χ1n) is 8.64. The van der Waals surface area contributed by atoms with Crippen molar-refractivity contribution >= 4 is 11.8 Å². The molecule has 1 heterocycles. The van der Waals surface area contributed by atoms with Crippen molar-refractivity contribution in [2.24, 2.45) is 0 Å². The van der Waals surface area contributed by atoms with Gasteiger partial charge in [0.1, 0.15) is 17.5 Å². The minimum atomic E-state index is -2.72. The monoisotopic (exact) mass is 377 g/mol. The van der Waals surface area contributed by atoms with Gasteiger partial charge in [-0.25, -0.2) is 8.78 Å². The molecule has 1 aromatic heterocycles. The Morgan fingerprint density at radius 3 is 2.48 bits per heavy atom. The fourth-order valence-corrected chi connectivity index (χ4v) is 2.95. The van der Waals surface area contributed by atoms with Gasteiger partial charge in [-0.1, -0.05) is 30.3 Å². The van der Waals surface area contributed by atoms with Crippen LogP contribution in [0.1, 0.15) is 52.4 Å². The summed E-state index contributed by atoms with van der Waals surface area (Å²) < 4.78 is 31.7. The van der Waals surface area contributed by atoms with Crippen molar-refractivity contribution in [3.63, 3.8) is 0 Å². The maximum absolute atomic E-state index is 12.9. The van der Waals surface area contributed by atoms with Gasteiger partial charge in [0.2, 0.25) is 0 Å². The molecule has 0 aliphatic heterocycles. The van der Waals surface area contributed by atoms with Crippen LogP contribution in [0.5, 0.6) is 5.75 Å². The summed E-state index contributed by atoms with van der Waals surface area (Å²) >= 11 is 0. The smallest absolute Gasteiger partial charge is 0.271 e. The first-order chi connectivity index (χ1) is 12.8. The molecule has 1 fully saturated rings. The molecular weight excluding hydrogens is 356 g/mol. The summed E-state index contributed by atoms with van der Waals surface area (Å²) in [5.74, 6) is -3.50. The average molecular weight is 377 g/mol. The minimum absolute atomic E-state index is 0.0825. The van der Waals surface area contributed by atoms with Gasteiger partial charge < -0.3 is 20.4 Å². The number of rotatable bonds is 6. The lowest BCUT2D eigenvalue weighted by Gasteiger charge is -2.35. The first-order valence-corrected chi connectivity index (χ1v) is 8.64. The lowest BCUT2D eigenvalue weighted by Crippen LogP contribution is -2.50. The first kappa shape index (κ1) is 18.9. The highest BCUT2D eigenvalue weighted by Crippen LogP contribution is 2.37. The molecule has 0 bridgehead atoms. The molecule has 0 unspecified atom stereocenters. The Hall–Kier alpha value is -2.90. The van der Waals surface area contributed by atoms with Crippen LogP contribution >= 0.6 is 0 Å². The van der Waals surface area contributed by atoms with E-state index in [1.165, 1.54) is 13.1 Å². The van der Waals surface area contributed by atoms with E-state index >= 15 is 0 Å². The molecule has 27 heavy (non-hydrogen) atoms. The number of alkyl halides is 2. The number of benzene rings is 1. The van der Waals surface area contributed by atoms with Crippen molar-refractivity contribution in [3.8, 4) is 5.75 Å². The molecule has 1 aliphatic carbocycles. The fraction of sp³-hybridized carbons (Fsp3) is 0.368. The molecule has 8 heteroatoms. The number of halogens is 2. The van der Waals surface area contributed by atoms with Crippen LogP contribution in [0.25, 0.3) is 0 Å². The van der Waals surface area contributed by atoms with E-state index in [-0.39, 0.29) is 36.1 Å². The molecule has 3 rings (SSSR count). The zero-order valence-electron chi connectivity index (χ0n) is 15.0. The molecule has 3 N–H and O–H groups in total. The van der Waals surface area contributed by atoms with Gasteiger partial charge in [-0.2, -0.15) is 0 Å². The molecule has 0 saturated heterocycles. The molecule has 1 aliphatic rings. The fourth-order valence-electron chi connectivity index (χ4n) is 2.95. The Balaban J connectivity index is 1.76. The van der Waals surface area contributed by atoms with Crippen LogP contribution < -0.4 is 15.4 Å². The van der Waals surface area contributed by atoms with E-state index in [1.807, 2.05) is 37.3 Å². The predicted octanol–water partition coefficient (Wildman–Crippen LogP) is 3.04. The summed E-state index contributed by atoms with van der Waals surface area (Å²) in [5, 5.41) is 5.01. The highest BCUT2D eigenvalue weighted by molar-refractivity contribution is 5.99. The molecule has 6 nitrogen and oxygen atoms in total. The third-order valence-corrected chi connectivity index (χ3v) is 4.48. The van der Waals surface area contributed by atoms with Crippen LogP contribution in [-0.2, 0) is 0 Å². The molecule has 2 amide bonds. The highest BCUT2D eigenvalue weighted by atomic mass is 19.3. The second-order valence-corrected chi connectivity index (χ2v) is 6.61. The summed E-state index contributed by atoms with van der Waals surface area (Å²) in [7, 11) is 1.46. The molecule has 1 atom stereocenters. The van der Waals surface area contributed by atoms with Gasteiger partial charge in [-0.3, -0.25) is 9.59 Å². The van der Waals surface area contributed by atoms with E-state index in [1.54, 1.807) is 0 Å². The molecule has 144 valence electrons. The summed E-state index contributed by atoms with van der Waals surface area (Å²) in [6.45, 7) is 1.83. The van der Waals surface area contributed by atoms with Crippen LogP contribution in [0.15, 0.2) is 36.4 Å². The number of aromatic amines is 1. The van der Waals surface area contributed by atoms with E-state index in [0.717, 1.165) is 5.56 Å². The van der Waals surface area contributed by atoms with E-state index < -0.39 is 23.8 Å². The van der Waals surface area contributed by atoms with Gasteiger partial charge in [0.05, 0.1) is 0 Å². The van der Waals surface area contributed by atoms with Gasteiger partial charge in [-0.15, -0.1) is 0 Å². The van der Waals surface area contributed by atoms with Crippen molar-refractivity contribution in [1.82, 2.24) is 15.6 Å². The second kappa shape index (κ2) is 7.38. The molecule has 0 spiro atoms. The summed E-state index contributed by atoms with van der Waals surface area (Å²) in [5.41, 5.74) is 1.09. The molecule has 1 aromatic carbocycles. The van der Waals surface area contributed by atoms with Crippen LogP contribution in [0, 0.1) is 0 Å². The van der Waals surface area contributed by atoms with Crippen molar-refractivity contribution in [2.45, 2.75) is 37.8 Å². The number of aromatic nitrogens is 1. The molecule has 1 saturated carbocycles. The number of carbonyl (C=O) groups excluding carboxylic acids is 2. The maximum Gasteiger partial charge on any atom is 0.271 e. The van der Waals surface area contributed by atoms with Crippen molar-refractivity contribution in [1.29, 1.82) is 0 Å². The van der Waals surface area contributed by atoms with Gasteiger partial charge in [-0.05, 0) is 12.5 Å². The largest absolute Gasteiger partial charge is 0.484 e. The van der Waals surface area contributed by atoms with E-state index in [4.69, 9.17) is 4.74 Å². The highest BCUT2D eigenvalue weighted by Gasteiger charge is 2.46. The number of ether oxygens (including phenoxy) is 1. The number of amides is 2. The third kappa shape index (κ3) is 4.27. The van der Waals surface area contributed by atoms with Crippen LogP contribution in [0.2, 0.25) is 0 Å². The van der Waals surface area contributed by atoms with E-state index in [9.17, 15) is 18.4 Å². The van der Waals surface area contributed by atoms with Gasteiger partial charge in [0.25, 0.3) is 17.7 Å². The topological polar surface area (TPSA) is 83.2 Å². The van der Waals surface area contributed by atoms with E-state index in [0.29, 0.717) is 0 Å². The Labute approximate surface area is 155 Å². The van der Waals surface area contributed by atoms with Crippen LogP contribution in [0.3, 0.4) is 0 Å². The Morgan fingerprint density at radius 2 is 1.89 bits per heavy atom. The van der Waals surface area contributed by atoms with Crippen molar-refractivity contribution < 1.29 is 23.1 Å².